The maximum Gasteiger partial charge on any atom is 0.136 e. The molecule has 88 valence electrons. The van der Waals surface area contributed by atoms with Gasteiger partial charge in [-0.1, -0.05) is 23.2 Å². The second-order valence-electron chi connectivity index (χ2n) is 3.48. The van der Waals surface area contributed by atoms with E-state index in [2.05, 4.69) is 0 Å². The molecule has 0 heterocycles. The van der Waals surface area contributed by atoms with Gasteiger partial charge in [0.1, 0.15) is 11.6 Å². The lowest BCUT2D eigenvalue weighted by atomic mass is 10.0. The molecule has 2 aromatic carbocycles. The quantitative estimate of drug-likeness (QED) is 0.760. The molecular formula is C12H7Cl2F2N. The summed E-state index contributed by atoms with van der Waals surface area (Å²) >= 11 is 11.7. The highest BCUT2D eigenvalue weighted by Crippen LogP contribution is 2.34. The Bertz CT molecular complexity index is 562. The first-order valence-electron chi connectivity index (χ1n) is 4.69. The summed E-state index contributed by atoms with van der Waals surface area (Å²) in [6.45, 7) is 0. The first kappa shape index (κ1) is 12.1. The lowest BCUT2D eigenvalue weighted by molar-refractivity contribution is 0.591. The molecule has 2 aromatic rings. The van der Waals surface area contributed by atoms with Crippen LogP contribution in [0.25, 0.3) is 11.1 Å². The van der Waals surface area contributed by atoms with Gasteiger partial charge in [-0.25, -0.2) is 8.78 Å². The SMILES string of the molecule is Nc1cc(F)c(-c2cc(Cl)ccc2Cl)c(F)c1. The summed E-state index contributed by atoms with van der Waals surface area (Å²) in [6.07, 6.45) is 0. The van der Waals surface area contributed by atoms with Gasteiger partial charge in [-0.3, -0.25) is 0 Å². The van der Waals surface area contributed by atoms with Crippen LogP contribution < -0.4 is 5.73 Å². The molecule has 0 aliphatic heterocycles. The van der Waals surface area contributed by atoms with Crippen molar-refractivity contribution in [1.82, 2.24) is 0 Å². The summed E-state index contributed by atoms with van der Waals surface area (Å²) in [5.74, 6) is -1.54. The zero-order valence-electron chi connectivity index (χ0n) is 8.48. The highest BCUT2D eigenvalue weighted by molar-refractivity contribution is 6.35. The third kappa shape index (κ3) is 2.35. The van der Waals surface area contributed by atoms with E-state index in [0.717, 1.165) is 12.1 Å². The molecule has 0 saturated heterocycles. The number of benzene rings is 2. The fraction of sp³-hybridized carbons (Fsp3) is 0. The minimum Gasteiger partial charge on any atom is -0.399 e. The van der Waals surface area contributed by atoms with Crippen molar-refractivity contribution in [2.75, 3.05) is 5.73 Å². The zero-order valence-corrected chi connectivity index (χ0v) is 9.99. The van der Waals surface area contributed by atoms with Crippen LogP contribution in [0.5, 0.6) is 0 Å². The Balaban J connectivity index is 2.72. The van der Waals surface area contributed by atoms with Gasteiger partial charge < -0.3 is 5.73 Å². The number of anilines is 1. The van der Waals surface area contributed by atoms with Crippen LogP contribution in [-0.4, -0.2) is 0 Å². The van der Waals surface area contributed by atoms with Crippen molar-refractivity contribution in [2.24, 2.45) is 0 Å². The fourth-order valence-electron chi connectivity index (χ4n) is 1.54. The molecule has 0 bridgehead atoms. The highest BCUT2D eigenvalue weighted by Gasteiger charge is 2.15. The van der Waals surface area contributed by atoms with Gasteiger partial charge in [-0.2, -0.15) is 0 Å². The van der Waals surface area contributed by atoms with Crippen LogP contribution in [0.4, 0.5) is 14.5 Å². The first-order chi connectivity index (χ1) is 7.99. The van der Waals surface area contributed by atoms with Crippen LogP contribution in [0, 0.1) is 11.6 Å². The summed E-state index contributed by atoms with van der Waals surface area (Å²) in [7, 11) is 0. The van der Waals surface area contributed by atoms with Crippen molar-refractivity contribution < 1.29 is 8.78 Å². The maximum absolute atomic E-state index is 13.7. The average molecular weight is 274 g/mol. The van der Waals surface area contributed by atoms with Gasteiger partial charge >= 0.3 is 0 Å². The lowest BCUT2D eigenvalue weighted by Crippen LogP contribution is -1.95. The topological polar surface area (TPSA) is 26.0 Å². The summed E-state index contributed by atoms with van der Waals surface area (Å²) in [4.78, 5) is 0. The summed E-state index contributed by atoms with van der Waals surface area (Å²) in [6, 6.07) is 6.50. The molecule has 0 spiro atoms. The predicted molar refractivity (Wildman–Crippen MR) is 66.2 cm³/mol. The summed E-state index contributed by atoms with van der Waals surface area (Å²) in [5, 5.41) is 0.567. The van der Waals surface area contributed by atoms with E-state index >= 15 is 0 Å². The zero-order chi connectivity index (χ0) is 12.6. The van der Waals surface area contributed by atoms with Crippen molar-refractivity contribution in [2.45, 2.75) is 0 Å². The fourth-order valence-corrected chi connectivity index (χ4v) is 1.92. The molecule has 2 N–H and O–H groups in total. The van der Waals surface area contributed by atoms with E-state index in [0.29, 0.717) is 5.02 Å². The molecule has 0 aliphatic carbocycles. The highest BCUT2D eigenvalue weighted by atomic mass is 35.5. The van der Waals surface area contributed by atoms with Gasteiger partial charge in [0.2, 0.25) is 0 Å². The van der Waals surface area contributed by atoms with Gasteiger partial charge in [0.25, 0.3) is 0 Å². The van der Waals surface area contributed by atoms with Crippen molar-refractivity contribution in [1.29, 1.82) is 0 Å². The van der Waals surface area contributed by atoms with Gasteiger partial charge in [0.05, 0.1) is 5.56 Å². The molecule has 0 unspecified atom stereocenters. The Morgan fingerprint density at radius 2 is 1.53 bits per heavy atom. The Hall–Kier alpha value is -1.32. The molecule has 0 atom stereocenters. The molecule has 0 aliphatic rings. The Labute approximate surface area is 107 Å². The van der Waals surface area contributed by atoms with Crippen LogP contribution in [-0.2, 0) is 0 Å². The third-order valence-corrected chi connectivity index (χ3v) is 2.83. The second kappa shape index (κ2) is 4.51. The molecule has 0 aromatic heterocycles. The van der Waals surface area contributed by atoms with Crippen LogP contribution >= 0.6 is 23.2 Å². The normalized spacial score (nSPS) is 10.6. The van der Waals surface area contributed by atoms with Crippen molar-refractivity contribution >= 4 is 28.9 Å². The number of rotatable bonds is 1. The number of nitrogens with two attached hydrogens (primary N) is 1. The molecular weight excluding hydrogens is 267 g/mol. The van der Waals surface area contributed by atoms with E-state index < -0.39 is 11.6 Å². The maximum atomic E-state index is 13.7. The van der Waals surface area contributed by atoms with E-state index in [1.54, 1.807) is 6.07 Å². The predicted octanol–water partition coefficient (Wildman–Crippen LogP) is 4.52. The van der Waals surface area contributed by atoms with Gasteiger partial charge in [-0.15, -0.1) is 0 Å². The van der Waals surface area contributed by atoms with Crippen molar-refractivity contribution in [3.8, 4) is 11.1 Å². The molecule has 17 heavy (non-hydrogen) atoms. The molecule has 2 rings (SSSR count). The van der Waals surface area contributed by atoms with E-state index in [4.69, 9.17) is 28.9 Å². The molecule has 0 fully saturated rings. The third-order valence-electron chi connectivity index (χ3n) is 2.26. The van der Waals surface area contributed by atoms with Crippen LogP contribution in [0.15, 0.2) is 30.3 Å². The summed E-state index contributed by atoms with van der Waals surface area (Å²) in [5.41, 5.74) is 5.32. The van der Waals surface area contributed by atoms with Crippen LogP contribution in [0.3, 0.4) is 0 Å². The smallest absolute Gasteiger partial charge is 0.136 e. The molecule has 5 heteroatoms. The number of halogens is 4. The van der Waals surface area contributed by atoms with Crippen LogP contribution in [0.2, 0.25) is 10.0 Å². The molecule has 1 nitrogen and oxygen atoms in total. The van der Waals surface area contributed by atoms with E-state index in [1.165, 1.54) is 12.1 Å². The first-order valence-corrected chi connectivity index (χ1v) is 5.44. The van der Waals surface area contributed by atoms with Gasteiger partial charge in [0, 0.05) is 21.3 Å². The Kier molecular flexibility index (Phi) is 3.22. The van der Waals surface area contributed by atoms with Crippen LogP contribution in [0.1, 0.15) is 0 Å². The number of hydrogen-bond acceptors (Lipinski definition) is 1. The van der Waals surface area contributed by atoms with E-state index in [-0.39, 0.29) is 21.8 Å². The minimum absolute atomic E-state index is 0.0156. The van der Waals surface area contributed by atoms with Crippen molar-refractivity contribution in [3.05, 3.63) is 52.0 Å². The monoisotopic (exact) mass is 273 g/mol. The molecule has 0 amide bonds. The van der Waals surface area contributed by atoms with Gasteiger partial charge in [-0.05, 0) is 30.3 Å². The minimum atomic E-state index is -0.772. The second-order valence-corrected chi connectivity index (χ2v) is 4.33. The lowest BCUT2D eigenvalue weighted by Gasteiger charge is -2.08. The van der Waals surface area contributed by atoms with Crippen molar-refractivity contribution in [3.63, 3.8) is 0 Å². The summed E-state index contributed by atoms with van der Waals surface area (Å²) < 4.78 is 27.4. The average Bonchev–Trinajstić information content (AvgIpc) is 2.21. The standard InChI is InChI=1S/C12H7Cl2F2N/c13-6-1-2-9(14)8(3-6)12-10(15)4-7(17)5-11(12)16/h1-5H,17H2. The largest absolute Gasteiger partial charge is 0.399 e. The van der Waals surface area contributed by atoms with E-state index in [1.807, 2.05) is 0 Å². The van der Waals surface area contributed by atoms with Gasteiger partial charge in [0.15, 0.2) is 0 Å². The molecule has 0 saturated carbocycles. The Morgan fingerprint density at radius 1 is 0.941 bits per heavy atom. The molecule has 0 radical (unpaired) electrons. The Morgan fingerprint density at radius 3 is 2.12 bits per heavy atom. The van der Waals surface area contributed by atoms with E-state index in [9.17, 15) is 8.78 Å². The number of hydrogen-bond donors (Lipinski definition) is 1. The number of nitrogen functional groups attached to an aromatic ring is 1.